The predicted molar refractivity (Wildman–Crippen MR) is 95.7 cm³/mol. The van der Waals surface area contributed by atoms with Crippen molar-refractivity contribution >= 4 is 29.1 Å². The zero-order valence-electron chi connectivity index (χ0n) is 13.9. The lowest BCUT2D eigenvalue weighted by atomic mass is 10.1. The Bertz CT molecular complexity index is 703. The largest absolute Gasteiger partial charge is 0.479 e. The van der Waals surface area contributed by atoms with E-state index in [2.05, 4.69) is 21.8 Å². The average Bonchev–Trinajstić information content (AvgIpc) is 2.92. The van der Waals surface area contributed by atoms with E-state index in [1.54, 1.807) is 31.3 Å². The summed E-state index contributed by atoms with van der Waals surface area (Å²) in [5.41, 5.74) is 0. The maximum Gasteiger partial charge on any atom is 0.260 e. The Balaban J connectivity index is 1.82. The van der Waals surface area contributed by atoms with Crippen LogP contribution in [0, 0.1) is 12.8 Å². The van der Waals surface area contributed by atoms with Crippen LogP contribution in [0.3, 0.4) is 0 Å². The second-order valence-electron chi connectivity index (χ2n) is 5.81. The Labute approximate surface area is 151 Å². The number of ether oxygens (including phenoxy) is 1. The number of nitrogens with zero attached hydrogens (tertiary/aromatic N) is 2. The van der Waals surface area contributed by atoms with Crippen LogP contribution < -0.4 is 10.1 Å². The Morgan fingerprint density at radius 2 is 2.12 bits per heavy atom. The highest BCUT2D eigenvalue weighted by molar-refractivity contribution is 6.35. The molecule has 1 N–H and O–H groups in total. The Hall–Kier alpha value is -1.72. The van der Waals surface area contributed by atoms with Gasteiger partial charge < -0.3 is 14.6 Å². The molecule has 2 atom stereocenters. The molecule has 0 saturated heterocycles. The summed E-state index contributed by atoms with van der Waals surface area (Å²) in [5.74, 6) is 1.48. The van der Waals surface area contributed by atoms with Gasteiger partial charge in [-0.05, 0) is 38.0 Å². The monoisotopic (exact) mass is 369 g/mol. The minimum atomic E-state index is -0.647. The molecule has 7 heteroatoms. The van der Waals surface area contributed by atoms with Crippen LogP contribution in [0.25, 0.3) is 0 Å². The maximum atomic E-state index is 12.2. The first-order valence-electron chi connectivity index (χ1n) is 7.74. The van der Waals surface area contributed by atoms with Crippen LogP contribution in [0.5, 0.6) is 5.75 Å². The van der Waals surface area contributed by atoms with Crippen molar-refractivity contribution < 1.29 is 9.53 Å². The van der Waals surface area contributed by atoms with Gasteiger partial charge in [0.05, 0.1) is 5.02 Å². The van der Waals surface area contributed by atoms with E-state index in [1.165, 1.54) is 0 Å². The van der Waals surface area contributed by atoms with E-state index >= 15 is 0 Å². The van der Waals surface area contributed by atoms with Gasteiger partial charge in [-0.15, -0.1) is 0 Å². The van der Waals surface area contributed by atoms with E-state index in [0.717, 1.165) is 12.4 Å². The van der Waals surface area contributed by atoms with Gasteiger partial charge in [0.1, 0.15) is 11.6 Å². The number of benzene rings is 1. The minimum Gasteiger partial charge on any atom is -0.479 e. The molecule has 0 aliphatic heterocycles. The van der Waals surface area contributed by atoms with Crippen molar-refractivity contribution in [3.8, 4) is 5.75 Å². The average molecular weight is 370 g/mol. The van der Waals surface area contributed by atoms with Crippen molar-refractivity contribution in [2.24, 2.45) is 5.92 Å². The van der Waals surface area contributed by atoms with Gasteiger partial charge in [-0.3, -0.25) is 4.79 Å². The number of hydrogen-bond acceptors (Lipinski definition) is 3. The highest BCUT2D eigenvalue weighted by Gasteiger charge is 2.17. The van der Waals surface area contributed by atoms with Gasteiger partial charge in [0, 0.05) is 30.5 Å². The Morgan fingerprint density at radius 3 is 2.75 bits per heavy atom. The molecule has 1 amide bonds. The first-order chi connectivity index (χ1) is 11.4. The number of carbonyl (C=O) groups excluding carboxylic acids is 1. The maximum absolute atomic E-state index is 12.2. The van der Waals surface area contributed by atoms with Crippen LogP contribution in [0.1, 0.15) is 19.7 Å². The Morgan fingerprint density at radius 1 is 1.38 bits per heavy atom. The van der Waals surface area contributed by atoms with Crippen molar-refractivity contribution in [1.29, 1.82) is 0 Å². The molecule has 1 heterocycles. The van der Waals surface area contributed by atoms with E-state index in [0.29, 0.717) is 22.3 Å². The van der Waals surface area contributed by atoms with Gasteiger partial charge >= 0.3 is 0 Å². The van der Waals surface area contributed by atoms with Crippen LogP contribution in [0.2, 0.25) is 10.0 Å². The summed E-state index contributed by atoms with van der Waals surface area (Å²) in [4.78, 5) is 16.4. The summed E-state index contributed by atoms with van der Waals surface area (Å²) in [7, 11) is 0. The molecular weight excluding hydrogens is 349 g/mol. The fraction of sp³-hybridized carbons (Fsp3) is 0.412. The van der Waals surface area contributed by atoms with Crippen LogP contribution in [0.15, 0.2) is 30.6 Å². The molecule has 0 fully saturated rings. The number of nitrogens with one attached hydrogen (secondary N) is 1. The highest BCUT2D eigenvalue weighted by Crippen LogP contribution is 2.28. The molecule has 2 rings (SSSR count). The molecule has 0 aliphatic carbocycles. The molecule has 0 radical (unpaired) electrons. The van der Waals surface area contributed by atoms with E-state index in [-0.39, 0.29) is 11.8 Å². The van der Waals surface area contributed by atoms with Gasteiger partial charge in [-0.25, -0.2) is 4.98 Å². The molecule has 1 aromatic carbocycles. The van der Waals surface area contributed by atoms with Gasteiger partial charge in [-0.1, -0.05) is 30.1 Å². The van der Waals surface area contributed by atoms with Gasteiger partial charge in [0.25, 0.3) is 5.91 Å². The number of aromatic nitrogens is 2. The van der Waals surface area contributed by atoms with Crippen molar-refractivity contribution in [1.82, 2.24) is 14.9 Å². The number of aryl methyl sites for hydroxylation is 1. The van der Waals surface area contributed by atoms with E-state index in [9.17, 15) is 4.79 Å². The second-order valence-corrected chi connectivity index (χ2v) is 6.66. The van der Waals surface area contributed by atoms with Crippen LogP contribution in [0.4, 0.5) is 0 Å². The lowest BCUT2D eigenvalue weighted by molar-refractivity contribution is -0.127. The number of halogens is 2. The fourth-order valence-corrected chi connectivity index (χ4v) is 2.68. The fourth-order valence-electron chi connectivity index (χ4n) is 2.23. The number of rotatable bonds is 7. The van der Waals surface area contributed by atoms with Crippen molar-refractivity contribution in [2.45, 2.75) is 33.4 Å². The first kappa shape index (κ1) is 18.6. The summed E-state index contributed by atoms with van der Waals surface area (Å²) >= 11 is 11.9. The topological polar surface area (TPSA) is 56.2 Å². The third-order valence-electron chi connectivity index (χ3n) is 3.62. The van der Waals surface area contributed by atoms with Gasteiger partial charge in [0.2, 0.25) is 0 Å². The third kappa shape index (κ3) is 5.14. The van der Waals surface area contributed by atoms with Crippen molar-refractivity contribution in [2.75, 3.05) is 6.54 Å². The number of carbonyl (C=O) groups is 1. The van der Waals surface area contributed by atoms with Gasteiger partial charge in [-0.2, -0.15) is 0 Å². The number of imidazole rings is 1. The lowest BCUT2D eigenvalue weighted by Gasteiger charge is -2.18. The minimum absolute atomic E-state index is 0.185. The molecule has 0 aliphatic rings. The molecule has 2 aromatic rings. The molecule has 0 spiro atoms. The van der Waals surface area contributed by atoms with Crippen LogP contribution in [-0.2, 0) is 11.3 Å². The molecule has 0 saturated carbocycles. The standard InChI is InChI=1S/C17H21Cl2N3O2/c1-11(10-22-7-6-20-13(22)3)9-21-17(23)12(2)24-16-5-4-14(18)8-15(16)19/h4-8,11-12H,9-10H2,1-3H3,(H,21,23). The second kappa shape index (κ2) is 8.40. The smallest absolute Gasteiger partial charge is 0.260 e. The Kier molecular flexibility index (Phi) is 6.52. The SMILES string of the molecule is Cc1nccn1CC(C)CNC(=O)C(C)Oc1ccc(Cl)cc1Cl. The van der Waals surface area contributed by atoms with E-state index in [1.807, 2.05) is 13.1 Å². The first-order valence-corrected chi connectivity index (χ1v) is 8.49. The summed E-state index contributed by atoms with van der Waals surface area (Å²) < 4.78 is 7.66. The normalized spacial score (nSPS) is 13.4. The quantitative estimate of drug-likeness (QED) is 0.808. The van der Waals surface area contributed by atoms with Gasteiger partial charge in [0.15, 0.2) is 6.10 Å². The lowest BCUT2D eigenvalue weighted by Crippen LogP contribution is -2.39. The summed E-state index contributed by atoms with van der Waals surface area (Å²) in [5, 5.41) is 3.80. The zero-order chi connectivity index (χ0) is 17.7. The predicted octanol–water partition coefficient (Wildman–Crippen LogP) is 3.72. The third-order valence-corrected chi connectivity index (χ3v) is 4.15. The van der Waals surface area contributed by atoms with Crippen LogP contribution in [-0.4, -0.2) is 28.1 Å². The van der Waals surface area contributed by atoms with Crippen molar-refractivity contribution in [3.05, 3.63) is 46.5 Å². The molecule has 1 aromatic heterocycles. The highest BCUT2D eigenvalue weighted by atomic mass is 35.5. The molecule has 130 valence electrons. The molecular formula is C17H21Cl2N3O2. The molecule has 0 bridgehead atoms. The molecule has 24 heavy (non-hydrogen) atoms. The van der Waals surface area contributed by atoms with E-state index in [4.69, 9.17) is 27.9 Å². The number of hydrogen-bond donors (Lipinski definition) is 1. The summed E-state index contributed by atoms with van der Waals surface area (Å²) in [6, 6.07) is 4.90. The molecule has 2 unspecified atom stereocenters. The summed E-state index contributed by atoms with van der Waals surface area (Å²) in [6.45, 7) is 7.06. The molecule has 5 nitrogen and oxygen atoms in total. The summed E-state index contributed by atoms with van der Waals surface area (Å²) in [6.07, 6.45) is 3.06. The van der Waals surface area contributed by atoms with Crippen LogP contribution >= 0.6 is 23.2 Å². The zero-order valence-corrected chi connectivity index (χ0v) is 15.4. The number of amides is 1. The van der Waals surface area contributed by atoms with E-state index < -0.39 is 6.10 Å². The van der Waals surface area contributed by atoms with Crippen molar-refractivity contribution in [3.63, 3.8) is 0 Å².